The lowest BCUT2D eigenvalue weighted by Gasteiger charge is -2.07. The first kappa shape index (κ1) is 14.3. The molecule has 0 aliphatic heterocycles. The number of carbonyl (C=O) groups excluding carboxylic acids is 1. The van der Waals surface area contributed by atoms with Gasteiger partial charge < -0.3 is 14.5 Å². The smallest absolute Gasteiger partial charge is 0.341 e. The Morgan fingerprint density at radius 2 is 2.40 bits per heavy atom. The number of rotatable bonds is 7. The van der Waals surface area contributed by atoms with Crippen molar-refractivity contribution in [3.8, 4) is 0 Å². The monoisotopic (exact) mass is 277 g/mol. The average molecular weight is 277 g/mol. The minimum absolute atomic E-state index is 0.330. The molecule has 0 spiro atoms. The van der Waals surface area contributed by atoms with Crippen LogP contribution in [0.15, 0.2) is 29.0 Å². The second-order valence-electron chi connectivity index (χ2n) is 4.36. The maximum Gasteiger partial charge on any atom is 0.341 e. The Labute approximate surface area is 117 Å². The summed E-state index contributed by atoms with van der Waals surface area (Å²) < 4.78 is 12.0. The van der Waals surface area contributed by atoms with Crippen molar-refractivity contribution in [2.45, 2.75) is 19.9 Å². The van der Waals surface area contributed by atoms with Gasteiger partial charge in [-0.2, -0.15) is 5.10 Å². The predicted octanol–water partition coefficient (Wildman–Crippen LogP) is 1.52. The van der Waals surface area contributed by atoms with Gasteiger partial charge in [0.05, 0.1) is 24.8 Å². The summed E-state index contributed by atoms with van der Waals surface area (Å²) in [7, 11) is 1.81. The Balaban J connectivity index is 1.88. The third kappa shape index (κ3) is 3.48. The molecule has 108 valence electrons. The molecule has 2 heterocycles. The van der Waals surface area contributed by atoms with Crippen molar-refractivity contribution < 1.29 is 13.9 Å². The highest BCUT2D eigenvalue weighted by Gasteiger charge is 2.16. The minimum atomic E-state index is -0.330. The van der Waals surface area contributed by atoms with Crippen LogP contribution in [0.3, 0.4) is 0 Å². The van der Waals surface area contributed by atoms with Crippen LogP contribution in [-0.4, -0.2) is 28.9 Å². The third-order valence-corrected chi connectivity index (χ3v) is 2.98. The molecule has 2 aromatic heterocycles. The molecule has 20 heavy (non-hydrogen) atoms. The Kier molecular flexibility index (Phi) is 4.95. The highest BCUT2D eigenvalue weighted by molar-refractivity contribution is 5.90. The normalized spacial score (nSPS) is 10.7. The summed E-state index contributed by atoms with van der Waals surface area (Å²) in [5.41, 5.74) is 1.34. The fraction of sp³-hybridized carbons (Fsp3) is 0.429. The predicted molar refractivity (Wildman–Crippen MR) is 73.3 cm³/mol. The first-order chi connectivity index (χ1) is 9.72. The number of aromatic nitrogens is 2. The molecule has 0 aliphatic rings. The Bertz CT molecular complexity index is 546. The van der Waals surface area contributed by atoms with Crippen molar-refractivity contribution in [2.24, 2.45) is 7.05 Å². The highest BCUT2D eigenvalue weighted by Crippen LogP contribution is 2.09. The molecule has 0 unspecified atom stereocenters. The zero-order valence-electron chi connectivity index (χ0n) is 11.8. The molecule has 0 amide bonds. The molecule has 0 aromatic carbocycles. The van der Waals surface area contributed by atoms with E-state index in [0.717, 1.165) is 24.4 Å². The SMILES string of the molecule is CCOC(=O)c1cnn(C)c1CNCCc1ccco1. The second-order valence-corrected chi connectivity index (χ2v) is 4.36. The molecule has 1 N–H and O–H groups in total. The van der Waals surface area contributed by atoms with Crippen molar-refractivity contribution in [1.29, 1.82) is 0 Å². The maximum absolute atomic E-state index is 11.8. The molecule has 0 bridgehead atoms. The summed E-state index contributed by atoms with van der Waals surface area (Å²) in [5, 5.41) is 7.38. The largest absolute Gasteiger partial charge is 0.469 e. The molecule has 0 radical (unpaired) electrons. The summed E-state index contributed by atoms with van der Waals surface area (Å²) >= 11 is 0. The van der Waals surface area contributed by atoms with E-state index in [1.54, 1.807) is 24.1 Å². The molecule has 0 fully saturated rings. The molecule has 2 aromatic rings. The van der Waals surface area contributed by atoms with Gasteiger partial charge in [-0.1, -0.05) is 0 Å². The fourth-order valence-corrected chi connectivity index (χ4v) is 1.93. The van der Waals surface area contributed by atoms with Gasteiger partial charge in [-0.25, -0.2) is 4.79 Å². The quantitative estimate of drug-likeness (QED) is 0.614. The number of esters is 1. The zero-order chi connectivity index (χ0) is 14.4. The fourth-order valence-electron chi connectivity index (χ4n) is 1.93. The van der Waals surface area contributed by atoms with E-state index in [-0.39, 0.29) is 5.97 Å². The van der Waals surface area contributed by atoms with Gasteiger partial charge in [0.1, 0.15) is 11.3 Å². The molecular weight excluding hydrogens is 258 g/mol. The zero-order valence-corrected chi connectivity index (χ0v) is 11.8. The van der Waals surface area contributed by atoms with Crippen LogP contribution in [0.2, 0.25) is 0 Å². The molecule has 0 aliphatic carbocycles. The molecule has 0 atom stereocenters. The summed E-state index contributed by atoms with van der Waals surface area (Å²) in [4.78, 5) is 11.8. The molecule has 0 saturated carbocycles. The van der Waals surface area contributed by atoms with Crippen LogP contribution in [0, 0.1) is 0 Å². The third-order valence-electron chi connectivity index (χ3n) is 2.98. The highest BCUT2D eigenvalue weighted by atomic mass is 16.5. The topological polar surface area (TPSA) is 69.3 Å². The van der Waals surface area contributed by atoms with E-state index in [9.17, 15) is 4.79 Å². The Morgan fingerprint density at radius 3 is 3.10 bits per heavy atom. The lowest BCUT2D eigenvalue weighted by Crippen LogP contribution is -2.20. The number of hydrogen-bond acceptors (Lipinski definition) is 5. The second kappa shape index (κ2) is 6.91. The summed E-state index contributed by atoms with van der Waals surface area (Å²) in [5.74, 6) is 0.608. The summed E-state index contributed by atoms with van der Waals surface area (Å²) in [6.45, 7) is 3.47. The number of ether oxygens (including phenoxy) is 1. The number of furan rings is 1. The minimum Gasteiger partial charge on any atom is -0.469 e. The van der Waals surface area contributed by atoms with E-state index in [4.69, 9.17) is 9.15 Å². The first-order valence-electron chi connectivity index (χ1n) is 6.63. The molecule has 0 saturated heterocycles. The number of aryl methyl sites for hydroxylation is 1. The van der Waals surface area contributed by atoms with Gasteiger partial charge in [0, 0.05) is 26.6 Å². The van der Waals surface area contributed by atoms with Crippen LogP contribution in [0.1, 0.15) is 28.7 Å². The van der Waals surface area contributed by atoms with Crippen molar-refractivity contribution in [2.75, 3.05) is 13.2 Å². The molecule has 6 heteroatoms. The van der Waals surface area contributed by atoms with Crippen molar-refractivity contribution in [1.82, 2.24) is 15.1 Å². The standard InChI is InChI=1S/C14H19N3O3/c1-3-19-14(18)12-9-16-17(2)13(12)10-15-7-6-11-5-4-8-20-11/h4-5,8-9,15H,3,6-7,10H2,1-2H3. The van der Waals surface area contributed by atoms with Crippen LogP contribution in [0.5, 0.6) is 0 Å². The number of nitrogens with zero attached hydrogens (tertiary/aromatic N) is 2. The molecule has 6 nitrogen and oxygen atoms in total. The van der Waals surface area contributed by atoms with E-state index in [1.807, 2.05) is 19.2 Å². The van der Waals surface area contributed by atoms with E-state index in [2.05, 4.69) is 10.4 Å². The van der Waals surface area contributed by atoms with Crippen molar-refractivity contribution in [3.63, 3.8) is 0 Å². The van der Waals surface area contributed by atoms with E-state index in [1.165, 1.54) is 0 Å². The van der Waals surface area contributed by atoms with Crippen LogP contribution >= 0.6 is 0 Å². The van der Waals surface area contributed by atoms with Crippen molar-refractivity contribution >= 4 is 5.97 Å². The molecular formula is C14H19N3O3. The van der Waals surface area contributed by atoms with Gasteiger partial charge in [-0.3, -0.25) is 4.68 Å². The molecule has 2 rings (SSSR count). The lowest BCUT2D eigenvalue weighted by atomic mass is 10.2. The van der Waals surface area contributed by atoms with Crippen LogP contribution < -0.4 is 5.32 Å². The first-order valence-corrected chi connectivity index (χ1v) is 6.63. The van der Waals surface area contributed by atoms with Crippen LogP contribution in [0.4, 0.5) is 0 Å². The van der Waals surface area contributed by atoms with Gasteiger partial charge in [0.15, 0.2) is 0 Å². The van der Waals surface area contributed by atoms with Crippen LogP contribution in [0.25, 0.3) is 0 Å². The maximum atomic E-state index is 11.8. The summed E-state index contributed by atoms with van der Waals surface area (Å²) in [6, 6.07) is 3.81. The summed E-state index contributed by atoms with van der Waals surface area (Å²) in [6.07, 6.45) is 4.01. The lowest BCUT2D eigenvalue weighted by molar-refractivity contribution is 0.0524. The average Bonchev–Trinajstić information content (AvgIpc) is 3.05. The van der Waals surface area contributed by atoms with Gasteiger partial charge in [0.2, 0.25) is 0 Å². The van der Waals surface area contributed by atoms with E-state index in [0.29, 0.717) is 18.7 Å². The Morgan fingerprint density at radius 1 is 1.55 bits per heavy atom. The number of nitrogens with one attached hydrogen (secondary N) is 1. The van der Waals surface area contributed by atoms with E-state index < -0.39 is 0 Å². The number of hydrogen-bond donors (Lipinski definition) is 1. The van der Waals surface area contributed by atoms with Gasteiger partial charge in [-0.15, -0.1) is 0 Å². The van der Waals surface area contributed by atoms with Gasteiger partial charge in [0.25, 0.3) is 0 Å². The Hall–Kier alpha value is -2.08. The van der Waals surface area contributed by atoms with Gasteiger partial charge >= 0.3 is 5.97 Å². The number of carbonyl (C=O) groups is 1. The van der Waals surface area contributed by atoms with Crippen molar-refractivity contribution in [3.05, 3.63) is 41.6 Å². The van der Waals surface area contributed by atoms with Gasteiger partial charge in [-0.05, 0) is 19.1 Å². The van der Waals surface area contributed by atoms with E-state index >= 15 is 0 Å². The van der Waals surface area contributed by atoms with Crippen LogP contribution in [-0.2, 0) is 24.8 Å².